The van der Waals surface area contributed by atoms with Crippen molar-refractivity contribution in [1.82, 2.24) is 14.9 Å². The first-order valence-electron chi connectivity index (χ1n) is 9.27. The minimum absolute atomic E-state index is 0.0452. The molecule has 30 heavy (non-hydrogen) atoms. The molecule has 0 aliphatic carbocycles. The van der Waals surface area contributed by atoms with E-state index >= 15 is 0 Å². The van der Waals surface area contributed by atoms with Gasteiger partial charge in [0, 0.05) is 37.8 Å². The van der Waals surface area contributed by atoms with Gasteiger partial charge in [0.15, 0.2) is 0 Å². The van der Waals surface area contributed by atoms with Crippen molar-refractivity contribution in [3.05, 3.63) is 59.9 Å². The van der Waals surface area contributed by atoms with Crippen molar-refractivity contribution in [2.45, 2.75) is 18.7 Å². The quantitative estimate of drug-likeness (QED) is 0.633. The molecule has 2 aromatic heterocycles. The number of benzene rings is 1. The summed E-state index contributed by atoms with van der Waals surface area (Å²) in [5.74, 6) is 0.299. The summed E-state index contributed by atoms with van der Waals surface area (Å²) in [4.78, 5) is 22.5. The standard InChI is InChI=1S/C21H18F3N3O3/c1-29-16-8-9-27(12-16)20(28)18-5-2-13-10-15(4-6-17(13)26-18)30-19-7-3-14(11-25-19)21(22,23)24/h2-7,10-11,16H,8-9,12H2,1H3/t16-/m0/s1. The number of fused-ring (bicyclic) bond motifs is 1. The maximum atomic E-state index is 12.7. The fourth-order valence-electron chi connectivity index (χ4n) is 3.28. The predicted molar refractivity (Wildman–Crippen MR) is 102 cm³/mol. The van der Waals surface area contributed by atoms with Gasteiger partial charge in [-0.25, -0.2) is 9.97 Å². The lowest BCUT2D eigenvalue weighted by molar-refractivity contribution is -0.137. The largest absolute Gasteiger partial charge is 0.439 e. The Bertz CT molecular complexity index is 1070. The van der Waals surface area contributed by atoms with Crippen LogP contribution in [-0.2, 0) is 10.9 Å². The van der Waals surface area contributed by atoms with E-state index in [1.54, 1.807) is 42.3 Å². The van der Waals surface area contributed by atoms with Gasteiger partial charge in [-0.15, -0.1) is 0 Å². The number of likely N-dealkylation sites (tertiary alicyclic amines) is 1. The molecule has 9 heteroatoms. The first kappa shape index (κ1) is 20.1. The van der Waals surface area contributed by atoms with Gasteiger partial charge < -0.3 is 14.4 Å². The number of alkyl halides is 3. The lowest BCUT2D eigenvalue weighted by atomic mass is 10.2. The Kier molecular flexibility index (Phi) is 5.29. The Morgan fingerprint density at radius 3 is 2.67 bits per heavy atom. The van der Waals surface area contributed by atoms with Crippen molar-refractivity contribution in [3.63, 3.8) is 0 Å². The van der Waals surface area contributed by atoms with E-state index in [9.17, 15) is 18.0 Å². The summed E-state index contributed by atoms with van der Waals surface area (Å²) in [6, 6.07) is 10.5. The maximum absolute atomic E-state index is 12.7. The number of methoxy groups -OCH3 is 1. The van der Waals surface area contributed by atoms with Crippen LogP contribution in [0.25, 0.3) is 10.9 Å². The van der Waals surface area contributed by atoms with Gasteiger partial charge >= 0.3 is 6.18 Å². The van der Waals surface area contributed by atoms with Crippen molar-refractivity contribution in [2.24, 2.45) is 0 Å². The number of hydrogen-bond acceptors (Lipinski definition) is 5. The predicted octanol–water partition coefficient (Wildman–Crippen LogP) is 4.30. The van der Waals surface area contributed by atoms with Gasteiger partial charge in [-0.05, 0) is 36.8 Å². The van der Waals surface area contributed by atoms with Gasteiger partial charge in [0.25, 0.3) is 5.91 Å². The number of aromatic nitrogens is 2. The molecule has 0 spiro atoms. The van der Waals surface area contributed by atoms with Crippen LogP contribution in [0.3, 0.4) is 0 Å². The third kappa shape index (κ3) is 4.20. The molecule has 0 radical (unpaired) electrons. The molecule has 156 valence electrons. The van der Waals surface area contributed by atoms with E-state index in [0.29, 0.717) is 30.0 Å². The molecule has 1 aliphatic heterocycles. The molecular weight excluding hydrogens is 399 g/mol. The number of carbonyl (C=O) groups is 1. The van der Waals surface area contributed by atoms with E-state index in [-0.39, 0.29) is 17.9 Å². The van der Waals surface area contributed by atoms with Crippen molar-refractivity contribution >= 4 is 16.8 Å². The number of halogens is 3. The third-order valence-corrected chi connectivity index (χ3v) is 4.93. The first-order chi connectivity index (χ1) is 14.3. The van der Waals surface area contributed by atoms with Crippen LogP contribution >= 0.6 is 0 Å². The lowest BCUT2D eigenvalue weighted by Crippen LogP contribution is -2.30. The van der Waals surface area contributed by atoms with E-state index in [1.807, 2.05) is 0 Å². The molecule has 6 nitrogen and oxygen atoms in total. The highest BCUT2D eigenvalue weighted by molar-refractivity contribution is 5.95. The average molecular weight is 417 g/mol. The minimum atomic E-state index is -4.45. The topological polar surface area (TPSA) is 64.5 Å². The molecule has 0 bridgehead atoms. The van der Waals surface area contributed by atoms with Crippen LogP contribution in [0.4, 0.5) is 13.2 Å². The van der Waals surface area contributed by atoms with Crippen molar-refractivity contribution in [1.29, 1.82) is 0 Å². The Morgan fingerprint density at radius 2 is 2.00 bits per heavy atom. The molecule has 0 N–H and O–H groups in total. The number of nitrogens with zero attached hydrogens (tertiary/aromatic N) is 3. The molecule has 0 saturated carbocycles. The van der Waals surface area contributed by atoms with E-state index < -0.39 is 11.7 Å². The van der Waals surface area contributed by atoms with Crippen LogP contribution < -0.4 is 4.74 Å². The molecule has 1 aliphatic rings. The second-order valence-corrected chi connectivity index (χ2v) is 6.93. The Balaban J connectivity index is 1.50. The number of carbonyl (C=O) groups excluding carboxylic acids is 1. The summed E-state index contributed by atoms with van der Waals surface area (Å²) >= 11 is 0. The zero-order valence-corrected chi connectivity index (χ0v) is 16.0. The molecule has 1 fully saturated rings. The molecule has 0 unspecified atom stereocenters. The van der Waals surface area contributed by atoms with E-state index in [0.717, 1.165) is 30.1 Å². The summed E-state index contributed by atoms with van der Waals surface area (Å²) in [7, 11) is 1.63. The third-order valence-electron chi connectivity index (χ3n) is 4.93. The SMILES string of the molecule is CO[C@H]1CCN(C(=O)c2ccc3cc(Oc4ccc(C(F)(F)F)cn4)ccc3n2)C1. The lowest BCUT2D eigenvalue weighted by Gasteiger charge is -2.16. The Labute approximate surface area is 170 Å². The monoisotopic (exact) mass is 417 g/mol. The fourth-order valence-corrected chi connectivity index (χ4v) is 3.28. The summed E-state index contributed by atoms with van der Waals surface area (Å²) in [6.07, 6.45) is -2.88. The van der Waals surface area contributed by atoms with Gasteiger partial charge in [0.1, 0.15) is 11.4 Å². The fraction of sp³-hybridized carbons (Fsp3) is 0.286. The van der Waals surface area contributed by atoms with E-state index in [2.05, 4.69) is 9.97 Å². The molecule has 1 saturated heterocycles. The highest BCUT2D eigenvalue weighted by atomic mass is 19.4. The number of amides is 1. The summed E-state index contributed by atoms with van der Waals surface area (Å²) in [5.41, 5.74) is 0.109. The summed E-state index contributed by atoms with van der Waals surface area (Å²) < 4.78 is 48.7. The van der Waals surface area contributed by atoms with Crippen LogP contribution in [-0.4, -0.2) is 47.1 Å². The van der Waals surface area contributed by atoms with Crippen LogP contribution in [0.15, 0.2) is 48.7 Å². The van der Waals surface area contributed by atoms with Crippen LogP contribution in [0.2, 0.25) is 0 Å². The van der Waals surface area contributed by atoms with Crippen LogP contribution in [0, 0.1) is 0 Å². The summed E-state index contributed by atoms with van der Waals surface area (Å²) in [5, 5.41) is 0.729. The number of hydrogen-bond donors (Lipinski definition) is 0. The number of pyridine rings is 2. The van der Waals surface area contributed by atoms with Gasteiger partial charge in [-0.3, -0.25) is 4.79 Å². The van der Waals surface area contributed by atoms with E-state index in [4.69, 9.17) is 9.47 Å². The van der Waals surface area contributed by atoms with Gasteiger partial charge in [0.2, 0.25) is 5.88 Å². The Hall–Kier alpha value is -3.20. The highest BCUT2D eigenvalue weighted by Gasteiger charge is 2.31. The molecule has 3 aromatic rings. The minimum Gasteiger partial charge on any atom is -0.439 e. The molecule has 1 aromatic carbocycles. The van der Waals surface area contributed by atoms with Crippen LogP contribution in [0.1, 0.15) is 22.5 Å². The smallest absolute Gasteiger partial charge is 0.417 e. The van der Waals surface area contributed by atoms with Crippen molar-refractivity contribution < 1.29 is 27.4 Å². The van der Waals surface area contributed by atoms with Crippen LogP contribution in [0.5, 0.6) is 11.6 Å². The van der Waals surface area contributed by atoms with Crippen molar-refractivity contribution in [3.8, 4) is 11.6 Å². The normalized spacial score (nSPS) is 16.8. The molecule has 1 amide bonds. The van der Waals surface area contributed by atoms with Gasteiger partial charge in [0.05, 0.1) is 17.2 Å². The molecular formula is C21H18F3N3O3. The number of ether oxygens (including phenoxy) is 2. The Morgan fingerprint density at radius 1 is 1.17 bits per heavy atom. The zero-order chi connectivity index (χ0) is 21.3. The maximum Gasteiger partial charge on any atom is 0.417 e. The van der Waals surface area contributed by atoms with Crippen molar-refractivity contribution in [2.75, 3.05) is 20.2 Å². The average Bonchev–Trinajstić information content (AvgIpc) is 3.22. The second kappa shape index (κ2) is 7.91. The van der Waals surface area contributed by atoms with Gasteiger partial charge in [-0.2, -0.15) is 13.2 Å². The molecule has 3 heterocycles. The molecule has 4 rings (SSSR count). The summed E-state index contributed by atoms with van der Waals surface area (Å²) in [6.45, 7) is 1.17. The first-order valence-corrected chi connectivity index (χ1v) is 9.27. The second-order valence-electron chi connectivity index (χ2n) is 6.93. The highest BCUT2D eigenvalue weighted by Crippen LogP contribution is 2.30. The number of rotatable bonds is 4. The van der Waals surface area contributed by atoms with Gasteiger partial charge in [-0.1, -0.05) is 6.07 Å². The zero-order valence-electron chi connectivity index (χ0n) is 16.0. The van der Waals surface area contributed by atoms with E-state index in [1.165, 1.54) is 0 Å². The molecule has 1 atom stereocenters.